The van der Waals surface area contributed by atoms with Crippen LogP contribution in [0.5, 0.6) is 0 Å². The molecule has 19 heavy (non-hydrogen) atoms. The van der Waals surface area contributed by atoms with Crippen LogP contribution in [0.3, 0.4) is 0 Å². The topological polar surface area (TPSA) is 12.0 Å². The van der Waals surface area contributed by atoms with E-state index in [2.05, 4.69) is 21.2 Å². The second-order valence-electron chi connectivity index (χ2n) is 4.28. The van der Waals surface area contributed by atoms with Crippen LogP contribution in [0.15, 0.2) is 22.7 Å². The molecule has 1 atom stereocenters. The van der Waals surface area contributed by atoms with Crippen molar-refractivity contribution in [1.82, 2.24) is 5.32 Å². The average molecular weight is 342 g/mol. The summed E-state index contributed by atoms with van der Waals surface area (Å²) in [7, 11) is 0. The summed E-state index contributed by atoms with van der Waals surface area (Å²) in [6.45, 7) is 2.42. The Morgan fingerprint density at radius 2 is 2.00 bits per heavy atom. The number of halogens is 5. The molecule has 6 heteroatoms. The molecule has 1 rings (SSSR count). The molecule has 0 aliphatic heterocycles. The van der Waals surface area contributed by atoms with Crippen LogP contribution in [0.25, 0.3) is 0 Å². The van der Waals surface area contributed by atoms with Gasteiger partial charge in [0.25, 0.3) is 0 Å². The first-order valence-electron chi connectivity index (χ1n) is 6.08. The number of benzene rings is 1. The van der Waals surface area contributed by atoms with E-state index in [0.29, 0.717) is 16.6 Å². The Hall–Kier alpha value is -0.620. The van der Waals surface area contributed by atoms with Gasteiger partial charge < -0.3 is 5.32 Å². The van der Waals surface area contributed by atoms with Crippen molar-refractivity contribution in [2.45, 2.75) is 38.4 Å². The smallest absolute Gasteiger partial charge is 0.310 e. The van der Waals surface area contributed by atoms with Gasteiger partial charge in [0.2, 0.25) is 0 Å². The molecular formula is C13H16BrF4N. The lowest BCUT2D eigenvalue weighted by Crippen LogP contribution is -2.22. The molecule has 0 radical (unpaired) electrons. The van der Waals surface area contributed by atoms with Crippen LogP contribution in [-0.4, -0.2) is 12.7 Å². The summed E-state index contributed by atoms with van der Waals surface area (Å²) in [4.78, 5) is 0. The highest BCUT2D eigenvalue weighted by atomic mass is 79.9. The molecule has 0 aromatic heterocycles. The van der Waals surface area contributed by atoms with E-state index in [1.54, 1.807) is 12.1 Å². The van der Waals surface area contributed by atoms with Crippen molar-refractivity contribution in [3.63, 3.8) is 0 Å². The third kappa shape index (κ3) is 5.91. The third-order valence-corrected chi connectivity index (χ3v) is 3.23. The SMILES string of the molecule is CCNC(CCCC(F)(F)F)c1ccc(Br)cc1F. The van der Waals surface area contributed by atoms with E-state index in [9.17, 15) is 17.6 Å². The summed E-state index contributed by atoms with van der Waals surface area (Å²) in [5.74, 6) is -0.410. The van der Waals surface area contributed by atoms with Gasteiger partial charge in [0, 0.05) is 22.5 Å². The zero-order valence-electron chi connectivity index (χ0n) is 10.5. The number of nitrogens with one attached hydrogen (secondary N) is 1. The molecule has 0 spiro atoms. The van der Waals surface area contributed by atoms with Gasteiger partial charge in [-0.2, -0.15) is 13.2 Å². The van der Waals surface area contributed by atoms with Crippen molar-refractivity contribution in [2.24, 2.45) is 0 Å². The molecule has 0 aliphatic carbocycles. The zero-order chi connectivity index (χ0) is 14.5. The highest BCUT2D eigenvalue weighted by Crippen LogP contribution is 2.28. The Kier molecular flexibility index (Phi) is 6.26. The van der Waals surface area contributed by atoms with Gasteiger partial charge in [0.1, 0.15) is 5.82 Å². The highest BCUT2D eigenvalue weighted by Gasteiger charge is 2.27. The van der Waals surface area contributed by atoms with Crippen molar-refractivity contribution in [2.75, 3.05) is 6.54 Å². The van der Waals surface area contributed by atoms with Crippen LogP contribution in [0.1, 0.15) is 37.8 Å². The van der Waals surface area contributed by atoms with Crippen molar-refractivity contribution in [1.29, 1.82) is 0 Å². The highest BCUT2D eigenvalue weighted by molar-refractivity contribution is 9.10. The van der Waals surface area contributed by atoms with Gasteiger partial charge in [0.05, 0.1) is 0 Å². The van der Waals surface area contributed by atoms with Crippen molar-refractivity contribution in [3.05, 3.63) is 34.1 Å². The minimum absolute atomic E-state index is 0.0172. The quantitative estimate of drug-likeness (QED) is 0.720. The fraction of sp³-hybridized carbons (Fsp3) is 0.538. The van der Waals surface area contributed by atoms with E-state index in [4.69, 9.17) is 0 Å². The Morgan fingerprint density at radius 1 is 1.32 bits per heavy atom. The van der Waals surface area contributed by atoms with E-state index >= 15 is 0 Å². The first kappa shape index (κ1) is 16.4. The molecule has 0 aliphatic rings. The maximum Gasteiger partial charge on any atom is 0.389 e. The minimum Gasteiger partial charge on any atom is -0.310 e. The summed E-state index contributed by atoms with van der Waals surface area (Å²) < 4.78 is 50.8. The van der Waals surface area contributed by atoms with E-state index in [1.807, 2.05) is 6.92 Å². The molecule has 1 aromatic rings. The predicted molar refractivity (Wildman–Crippen MR) is 70.4 cm³/mol. The van der Waals surface area contributed by atoms with Gasteiger partial charge in [-0.15, -0.1) is 0 Å². The maximum atomic E-state index is 13.8. The first-order chi connectivity index (χ1) is 8.83. The second-order valence-corrected chi connectivity index (χ2v) is 5.20. The predicted octanol–water partition coefficient (Wildman–Crippen LogP) is 4.97. The molecule has 0 amide bonds. The van der Waals surface area contributed by atoms with E-state index in [1.165, 1.54) is 6.07 Å². The molecule has 108 valence electrons. The molecule has 0 saturated carbocycles. The molecule has 0 fully saturated rings. The number of hydrogen-bond acceptors (Lipinski definition) is 1. The summed E-state index contributed by atoms with van der Waals surface area (Å²) in [6, 6.07) is 4.22. The van der Waals surface area contributed by atoms with Crippen LogP contribution in [0.2, 0.25) is 0 Å². The van der Waals surface area contributed by atoms with Crippen molar-refractivity contribution in [3.8, 4) is 0 Å². The van der Waals surface area contributed by atoms with Gasteiger partial charge in [-0.25, -0.2) is 4.39 Å². The van der Waals surface area contributed by atoms with Gasteiger partial charge in [-0.05, 0) is 31.5 Å². The van der Waals surface area contributed by atoms with Crippen LogP contribution >= 0.6 is 15.9 Å². The molecule has 1 nitrogen and oxygen atoms in total. The summed E-state index contributed by atoms with van der Waals surface area (Å²) in [6.07, 6.45) is -4.76. The lowest BCUT2D eigenvalue weighted by Gasteiger charge is -2.19. The molecule has 0 bridgehead atoms. The Morgan fingerprint density at radius 3 is 2.53 bits per heavy atom. The van der Waals surface area contributed by atoms with Crippen LogP contribution in [-0.2, 0) is 0 Å². The van der Waals surface area contributed by atoms with Crippen molar-refractivity contribution < 1.29 is 17.6 Å². The normalized spacial score (nSPS) is 13.6. The summed E-state index contributed by atoms with van der Waals surface area (Å²) >= 11 is 3.15. The second kappa shape index (κ2) is 7.24. The summed E-state index contributed by atoms with van der Waals surface area (Å²) in [5.41, 5.74) is 0.409. The third-order valence-electron chi connectivity index (χ3n) is 2.74. The number of rotatable bonds is 6. The fourth-order valence-electron chi connectivity index (χ4n) is 1.90. The fourth-order valence-corrected chi connectivity index (χ4v) is 2.24. The van der Waals surface area contributed by atoms with E-state index in [0.717, 1.165) is 0 Å². The van der Waals surface area contributed by atoms with E-state index < -0.39 is 18.4 Å². The van der Waals surface area contributed by atoms with Gasteiger partial charge in [0.15, 0.2) is 0 Å². The van der Waals surface area contributed by atoms with Gasteiger partial charge in [-0.3, -0.25) is 0 Å². The zero-order valence-corrected chi connectivity index (χ0v) is 12.1. The monoisotopic (exact) mass is 341 g/mol. The van der Waals surface area contributed by atoms with Crippen molar-refractivity contribution >= 4 is 15.9 Å². The number of hydrogen-bond donors (Lipinski definition) is 1. The average Bonchev–Trinajstić information content (AvgIpc) is 2.26. The van der Waals surface area contributed by atoms with Crippen LogP contribution < -0.4 is 5.32 Å². The lowest BCUT2D eigenvalue weighted by molar-refractivity contribution is -0.135. The molecule has 1 N–H and O–H groups in total. The number of alkyl halides is 3. The summed E-state index contributed by atoms with van der Waals surface area (Å²) in [5, 5.41) is 3.02. The van der Waals surface area contributed by atoms with Crippen LogP contribution in [0, 0.1) is 5.82 Å². The van der Waals surface area contributed by atoms with Crippen LogP contribution in [0.4, 0.5) is 17.6 Å². The molecule has 0 saturated heterocycles. The molecular weight excluding hydrogens is 326 g/mol. The Balaban J connectivity index is 2.71. The standard InChI is InChI=1S/C13H16BrF4N/c1-2-19-12(4-3-7-13(16,17)18)10-6-5-9(14)8-11(10)15/h5-6,8,12,19H,2-4,7H2,1H3. The lowest BCUT2D eigenvalue weighted by atomic mass is 10.0. The van der Waals surface area contributed by atoms with Gasteiger partial charge >= 0.3 is 6.18 Å². The maximum absolute atomic E-state index is 13.8. The van der Waals surface area contributed by atoms with E-state index in [-0.39, 0.29) is 18.9 Å². The first-order valence-corrected chi connectivity index (χ1v) is 6.88. The molecule has 1 aromatic carbocycles. The minimum atomic E-state index is -4.16. The Labute approximate surface area is 118 Å². The Bertz CT molecular complexity index is 406. The molecule has 1 unspecified atom stereocenters. The van der Waals surface area contributed by atoms with Gasteiger partial charge in [-0.1, -0.05) is 28.9 Å². The largest absolute Gasteiger partial charge is 0.389 e. The molecule has 0 heterocycles.